The summed E-state index contributed by atoms with van der Waals surface area (Å²) in [5.74, 6) is -0.454. The molecule has 1 atom stereocenters. The first-order chi connectivity index (χ1) is 9.48. The largest absolute Gasteiger partial charge is 0.405 e. The fourth-order valence-electron chi connectivity index (χ4n) is 2.13. The second-order valence-corrected chi connectivity index (χ2v) is 5.48. The first kappa shape index (κ1) is 18.2. The van der Waals surface area contributed by atoms with E-state index >= 15 is 0 Å². The van der Waals surface area contributed by atoms with Crippen molar-refractivity contribution < 1.29 is 18.0 Å². The number of nitrogens with zero attached hydrogens (tertiary/aromatic N) is 1. The molecule has 2 heterocycles. The minimum Gasteiger partial charge on any atom is -0.349 e. The number of carbonyl (C=O) groups excluding carboxylic acids is 1. The summed E-state index contributed by atoms with van der Waals surface area (Å²) >= 11 is 1.21. The van der Waals surface area contributed by atoms with Gasteiger partial charge in [-0.25, -0.2) is 0 Å². The summed E-state index contributed by atoms with van der Waals surface area (Å²) in [4.78, 5) is 13.5. The molecule has 2 rings (SSSR count). The van der Waals surface area contributed by atoms with Gasteiger partial charge in [0, 0.05) is 32.7 Å². The van der Waals surface area contributed by atoms with Crippen molar-refractivity contribution in [3.63, 3.8) is 0 Å². The second kappa shape index (κ2) is 7.98. The van der Waals surface area contributed by atoms with E-state index in [-0.39, 0.29) is 12.4 Å². The number of nitrogens with one attached hydrogen (secondary N) is 2. The number of rotatable bonds is 4. The van der Waals surface area contributed by atoms with Crippen molar-refractivity contribution in [2.75, 3.05) is 32.7 Å². The van der Waals surface area contributed by atoms with Crippen LogP contribution in [0.1, 0.15) is 9.67 Å². The maximum Gasteiger partial charge on any atom is 0.405 e. The van der Waals surface area contributed by atoms with E-state index in [1.807, 2.05) is 0 Å². The molecule has 1 amide bonds. The van der Waals surface area contributed by atoms with E-state index in [2.05, 4.69) is 10.6 Å². The maximum atomic E-state index is 13.1. The predicted octanol–water partition coefficient (Wildman–Crippen LogP) is 1.74. The molecule has 120 valence electrons. The summed E-state index contributed by atoms with van der Waals surface area (Å²) < 4.78 is 39.3. The van der Waals surface area contributed by atoms with E-state index in [0.29, 0.717) is 31.1 Å². The monoisotopic (exact) mass is 343 g/mol. The van der Waals surface area contributed by atoms with Crippen molar-refractivity contribution in [2.45, 2.75) is 12.2 Å². The molecule has 0 aliphatic carbocycles. The number of thiophene rings is 1. The van der Waals surface area contributed by atoms with E-state index in [1.165, 1.54) is 16.2 Å². The van der Waals surface area contributed by atoms with E-state index in [9.17, 15) is 18.0 Å². The lowest BCUT2D eigenvalue weighted by molar-refractivity contribution is -0.183. The third-order valence-corrected chi connectivity index (χ3v) is 4.04. The van der Waals surface area contributed by atoms with Crippen LogP contribution in [0.25, 0.3) is 0 Å². The predicted molar refractivity (Wildman–Crippen MR) is 78.2 cm³/mol. The highest BCUT2D eigenvalue weighted by atomic mass is 35.5. The van der Waals surface area contributed by atoms with Gasteiger partial charge in [0.1, 0.15) is 6.04 Å². The summed E-state index contributed by atoms with van der Waals surface area (Å²) in [7, 11) is 0. The van der Waals surface area contributed by atoms with E-state index < -0.39 is 24.7 Å². The number of alkyl halides is 3. The Labute approximate surface area is 131 Å². The highest BCUT2D eigenvalue weighted by molar-refractivity contribution is 7.12. The Bertz CT molecular complexity index is 435. The molecule has 1 aliphatic heterocycles. The third-order valence-electron chi connectivity index (χ3n) is 3.17. The molecule has 21 heavy (non-hydrogen) atoms. The molecule has 1 unspecified atom stereocenters. The summed E-state index contributed by atoms with van der Waals surface area (Å²) in [6.07, 6.45) is -4.35. The fraction of sp³-hybridized carbons (Fsp3) is 0.583. The molecule has 0 saturated carbocycles. The molecule has 1 aromatic rings. The Morgan fingerprint density at radius 3 is 2.62 bits per heavy atom. The van der Waals surface area contributed by atoms with Crippen molar-refractivity contribution in [1.29, 1.82) is 0 Å². The average molecular weight is 344 g/mol. The number of hydrogen-bond donors (Lipinski definition) is 2. The van der Waals surface area contributed by atoms with Crippen LogP contribution in [0.4, 0.5) is 13.2 Å². The van der Waals surface area contributed by atoms with Gasteiger partial charge in [0.15, 0.2) is 0 Å². The molecule has 0 radical (unpaired) electrons. The van der Waals surface area contributed by atoms with Gasteiger partial charge < -0.3 is 10.6 Å². The number of amides is 1. The summed E-state index contributed by atoms with van der Waals surface area (Å²) in [5, 5.41) is 7.11. The van der Waals surface area contributed by atoms with Crippen LogP contribution in [0.3, 0.4) is 0 Å². The van der Waals surface area contributed by atoms with Crippen molar-refractivity contribution in [2.24, 2.45) is 0 Å². The Morgan fingerprint density at radius 1 is 1.43 bits per heavy atom. The number of carbonyl (C=O) groups is 1. The quantitative estimate of drug-likeness (QED) is 0.875. The van der Waals surface area contributed by atoms with Crippen LogP contribution < -0.4 is 10.6 Å². The van der Waals surface area contributed by atoms with Crippen LogP contribution in [-0.4, -0.2) is 55.7 Å². The molecule has 9 heteroatoms. The minimum absolute atomic E-state index is 0. The lowest BCUT2D eigenvalue weighted by Gasteiger charge is -2.35. The molecule has 4 nitrogen and oxygen atoms in total. The van der Waals surface area contributed by atoms with Gasteiger partial charge in [-0.05, 0) is 11.4 Å². The Morgan fingerprint density at radius 2 is 2.10 bits per heavy atom. The van der Waals surface area contributed by atoms with Crippen LogP contribution in [0.5, 0.6) is 0 Å². The van der Waals surface area contributed by atoms with Crippen molar-refractivity contribution >= 4 is 29.7 Å². The zero-order valence-electron chi connectivity index (χ0n) is 11.2. The third kappa shape index (κ3) is 5.14. The standard InChI is InChI=1S/C12H16F3N3OS.ClH/c13-12(14,15)10(18-5-3-16-4-6-18)8-17-11(19)9-2-1-7-20-9;/h1-2,7,10,16H,3-6,8H2,(H,17,19);1H. The van der Waals surface area contributed by atoms with Gasteiger partial charge in [-0.1, -0.05) is 6.07 Å². The molecule has 0 bridgehead atoms. The number of halogens is 4. The lowest BCUT2D eigenvalue weighted by atomic mass is 10.2. The molecule has 1 saturated heterocycles. The molecule has 0 aromatic carbocycles. The topological polar surface area (TPSA) is 44.4 Å². The first-order valence-electron chi connectivity index (χ1n) is 6.31. The van der Waals surface area contributed by atoms with Gasteiger partial charge in [-0.3, -0.25) is 9.69 Å². The van der Waals surface area contributed by atoms with Gasteiger partial charge in [-0.15, -0.1) is 23.7 Å². The van der Waals surface area contributed by atoms with Crippen molar-refractivity contribution in [3.05, 3.63) is 22.4 Å². The van der Waals surface area contributed by atoms with Gasteiger partial charge >= 0.3 is 6.18 Å². The van der Waals surface area contributed by atoms with Crippen LogP contribution in [0.2, 0.25) is 0 Å². The summed E-state index contributed by atoms with van der Waals surface area (Å²) in [6, 6.07) is 1.65. The van der Waals surface area contributed by atoms with Crippen molar-refractivity contribution in [3.8, 4) is 0 Å². The zero-order chi connectivity index (χ0) is 14.6. The van der Waals surface area contributed by atoms with Gasteiger partial charge in [0.2, 0.25) is 0 Å². The van der Waals surface area contributed by atoms with Crippen LogP contribution >= 0.6 is 23.7 Å². The summed E-state index contributed by atoms with van der Waals surface area (Å²) in [5.41, 5.74) is 0. The van der Waals surface area contributed by atoms with E-state index in [0.717, 1.165) is 0 Å². The average Bonchev–Trinajstić information content (AvgIpc) is 2.92. The molecule has 0 spiro atoms. The number of hydrogen-bond acceptors (Lipinski definition) is 4. The molecule has 1 fully saturated rings. The minimum atomic E-state index is -4.35. The zero-order valence-corrected chi connectivity index (χ0v) is 12.8. The van der Waals surface area contributed by atoms with Gasteiger partial charge in [0.05, 0.1) is 4.88 Å². The Kier molecular flexibility index (Phi) is 6.92. The van der Waals surface area contributed by atoms with Crippen LogP contribution in [0.15, 0.2) is 17.5 Å². The smallest absolute Gasteiger partial charge is 0.349 e. The van der Waals surface area contributed by atoms with E-state index in [1.54, 1.807) is 17.5 Å². The van der Waals surface area contributed by atoms with E-state index in [4.69, 9.17) is 0 Å². The molecule has 1 aliphatic rings. The van der Waals surface area contributed by atoms with Crippen molar-refractivity contribution in [1.82, 2.24) is 15.5 Å². The molecule has 2 N–H and O–H groups in total. The SMILES string of the molecule is Cl.O=C(NCC(N1CCNCC1)C(F)(F)F)c1cccs1. The normalized spacial score (nSPS) is 17.9. The fourth-order valence-corrected chi connectivity index (χ4v) is 2.77. The second-order valence-electron chi connectivity index (χ2n) is 4.53. The van der Waals surface area contributed by atoms with Gasteiger partial charge in [-0.2, -0.15) is 13.2 Å². The Hall–Kier alpha value is -0.830. The highest BCUT2D eigenvalue weighted by Gasteiger charge is 2.43. The highest BCUT2D eigenvalue weighted by Crippen LogP contribution is 2.25. The molecular formula is C12H17ClF3N3OS. The van der Waals surface area contributed by atoms with Crippen LogP contribution in [-0.2, 0) is 0 Å². The summed E-state index contributed by atoms with van der Waals surface area (Å²) in [6.45, 7) is 1.31. The maximum absolute atomic E-state index is 13.1. The Balaban J connectivity index is 0.00000220. The lowest BCUT2D eigenvalue weighted by Crippen LogP contribution is -2.57. The van der Waals surface area contributed by atoms with Crippen LogP contribution in [0, 0.1) is 0 Å². The number of piperazine rings is 1. The molecular weight excluding hydrogens is 327 g/mol. The van der Waals surface area contributed by atoms with Gasteiger partial charge in [0.25, 0.3) is 5.91 Å². The first-order valence-corrected chi connectivity index (χ1v) is 7.19. The molecule has 1 aromatic heterocycles.